The van der Waals surface area contributed by atoms with E-state index < -0.39 is 0 Å². The molecule has 4 nitrogen and oxygen atoms in total. The molecule has 4 heteroatoms. The Morgan fingerprint density at radius 1 is 1.19 bits per heavy atom. The van der Waals surface area contributed by atoms with Crippen LogP contribution in [0.2, 0.25) is 0 Å². The van der Waals surface area contributed by atoms with Gasteiger partial charge in [-0.1, -0.05) is 39.8 Å². The predicted octanol–water partition coefficient (Wildman–Crippen LogP) is 4.02. The molecule has 0 unspecified atom stereocenters. The van der Waals surface area contributed by atoms with E-state index in [1.165, 1.54) is 17.5 Å². The van der Waals surface area contributed by atoms with Gasteiger partial charge in [0.2, 0.25) is 5.88 Å². The van der Waals surface area contributed by atoms with Crippen LogP contribution in [0.15, 0.2) is 24.5 Å². The number of nitrogen functional groups attached to an aromatic ring is 1. The van der Waals surface area contributed by atoms with E-state index >= 15 is 0 Å². The lowest BCUT2D eigenvalue weighted by Crippen LogP contribution is -2.13. The predicted molar refractivity (Wildman–Crippen MR) is 85.8 cm³/mol. The molecule has 0 atom stereocenters. The summed E-state index contributed by atoms with van der Waals surface area (Å²) in [4.78, 5) is 8.15. The van der Waals surface area contributed by atoms with E-state index in [-0.39, 0.29) is 5.41 Å². The van der Waals surface area contributed by atoms with Gasteiger partial charge in [-0.25, -0.2) is 9.97 Å². The van der Waals surface area contributed by atoms with Crippen LogP contribution in [0.25, 0.3) is 0 Å². The average molecular weight is 285 g/mol. The molecule has 2 aromatic rings. The van der Waals surface area contributed by atoms with Gasteiger partial charge in [0.15, 0.2) is 0 Å². The summed E-state index contributed by atoms with van der Waals surface area (Å²) in [5.41, 5.74) is 9.03. The van der Waals surface area contributed by atoms with Crippen molar-refractivity contribution in [3.63, 3.8) is 0 Å². The van der Waals surface area contributed by atoms with Crippen molar-refractivity contribution in [1.82, 2.24) is 9.97 Å². The first-order chi connectivity index (χ1) is 9.82. The number of nitrogens with zero attached hydrogens (tertiary/aromatic N) is 2. The normalized spacial score (nSPS) is 11.5. The van der Waals surface area contributed by atoms with Gasteiger partial charge in [0, 0.05) is 5.56 Å². The Balaban J connectivity index is 2.46. The number of rotatable bonds is 3. The second-order valence-electron chi connectivity index (χ2n) is 6.23. The second-order valence-corrected chi connectivity index (χ2v) is 6.23. The fourth-order valence-electron chi connectivity index (χ4n) is 2.13. The van der Waals surface area contributed by atoms with Crippen LogP contribution >= 0.6 is 0 Å². The molecule has 0 spiro atoms. The van der Waals surface area contributed by atoms with Crippen LogP contribution in [0.4, 0.5) is 5.82 Å². The maximum Gasteiger partial charge on any atom is 0.227 e. The Labute approximate surface area is 126 Å². The third-order valence-electron chi connectivity index (χ3n) is 3.54. The first-order valence-electron chi connectivity index (χ1n) is 7.21. The highest BCUT2D eigenvalue weighted by Crippen LogP contribution is 2.35. The van der Waals surface area contributed by atoms with Gasteiger partial charge in [0.25, 0.3) is 0 Å². The number of aryl methyl sites for hydroxylation is 1. The van der Waals surface area contributed by atoms with E-state index in [0.717, 1.165) is 17.7 Å². The zero-order valence-corrected chi connectivity index (χ0v) is 13.4. The minimum absolute atomic E-state index is 0.00695. The van der Waals surface area contributed by atoms with E-state index in [9.17, 15) is 0 Å². The molecule has 1 heterocycles. The summed E-state index contributed by atoms with van der Waals surface area (Å²) in [7, 11) is 0. The van der Waals surface area contributed by atoms with Gasteiger partial charge in [-0.05, 0) is 30.4 Å². The number of ether oxygens (including phenoxy) is 1. The van der Waals surface area contributed by atoms with Crippen LogP contribution in [-0.2, 0) is 11.8 Å². The third-order valence-corrected chi connectivity index (χ3v) is 3.54. The van der Waals surface area contributed by atoms with Crippen molar-refractivity contribution >= 4 is 5.82 Å². The summed E-state index contributed by atoms with van der Waals surface area (Å²) >= 11 is 0. The highest BCUT2D eigenvalue weighted by molar-refractivity contribution is 5.48. The molecule has 0 bridgehead atoms. The van der Waals surface area contributed by atoms with Crippen LogP contribution < -0.4 is 10.5 Å². The molecule has 0 aliphatic carbocycles. The van der Waals surface area contributed by atoms with Crippen LogP contribution in [0, 0.1) is 6.92 Å². The molecule has 0 radical (unpaired) electrons. The third kappa shape index (κ3) is 3.32. The van der Waals surface area contributed by atoms with Gasteiger partial charge in [-0.3, -0.25) is 0 Å². The Kier molecular flexibility index (Phi) is 4.16. The summed E-state index contributed by atoms with van der Waals surface area (Å²) in [5, 5.41) is 0. The van der Waals surface area contributed by atoms with Crippen LogP contribution in [0.5, 0.6) is 11.6 Å². The number of anilines is 1. The lowest BCUT2D eigenvalue weighted by molar-refractivity contribution is 0.435. The standard InChI is InChI=1S/C17H23N3O/c1-6-12-7-8-14(13(9-12)17(3,4)5)21-16-11(2)15(18)19-10-20-16/h7-10H,6H2,1-5H3,(H2,18,19,20). The average Bonchev–Trinajstić information content (AvgIpc) is 2.43. The highest BCUT2D eigenvalue weighted by Gasteiger charge is 2.20. The molecule has 0 saturated heterocycles. The largest absolute Gasteiger partial charge is 0.438 e. The maximum absolute atomic E-state index is 6.02. The van der Waals surface area contributed by atoms with E-state index in [4.69, 9.17) is 10.5 Å². The molecule has 0 aliphatic rings. The SMILES string of the molecule is CCc1ccc(Oc2ncnc(N)c2C)c(C(C)(C)C)c1. The number of hydrogen-bond acceptors (Lipinski definition) is 4. The molecule has 1 aromatic carbocycles. The van der Waals surface area contributed by atoms with Crippen molar-refractivity contribution in [2.75, 3.05) is 5.73 Å². The Hall–Kier alpha value is -2.10. The highest BCUT2D eigenvalue weighted by atomic mass is 16.5. The van der Waals surface area contributed by atoms with E-state index in [2.05, 4.69) is 49.8 Å². The Morgan fingerprint density at radius 3 is 2.52 bits per heavy atom. The van der Waals surface area contributed by atoms with Gasteiger partial charge in [-0.2, -0.15) is 0 Å². The van der Waals surface area contributed by atoms with Crippen LogP contribution in [-0.4, -0.2) is 9.97 Å². The number of benzene rings is 1. The topological polar surface area (TPSA) is 61.0 Å². The second kappa shape index (κ2) is 5.72. The molecule has 0 saturated carbocycles. The first kappa shape index (κ1) is 15.3. The number of aromatic nitrogens is 2. The first-order valence-corrected chi connectivity index (χ1v) is 7.21. The molecule has 2 N–H and O–H groups in total. The molecule has 0 fully saturated rings. The van der Waals surface area contributed by atoms with Gasteiger partial charge in [0.05, 0.1) is 5.56 Å². The van der Waals surface area contributed by atoms with E-state index in [1.807, 2.05) is 13.0 Å². The molecule has 1 aromatic heterocycles. The molecular formula is C17H23N3O. The Bertz CT molecular complexity index is 645. The fourth-order valence-corrected chi connectivity index (χ4v) is 2.13. The van der Waals surface area contributed by atoms with Crippen molar-refractivity contribution in [1.29, 1.82) is 0 Å². The smallest absolute Gasteiger partial charge is 0.227 e. The van der Waals surface area contributed by atoms with Crippen molar-refractivity contribution < 1.29 is 4.74 Å². The van der Waals surface area contributed by atoms with Crippen molar-refractivity contribution in [3.05, 3.63) is 41.2 Å². The summed E-state index contributed by atoms with van der Waals surface area (Å²) in [6.45, 7) is 10.5. The number of hydrogen-bond donors (Lipinski definition) is 1. The van der Waals surface area contributed by atoms with Gasteiger partial charge >= 0.3 is 0 Å². The number of nitrogens with two attached hydrogens (primary N) is 1. The molecule has 2 rings (SSSR count). The minimum Gasteiger partial charge on any atom is -0.438 e. The zero-order valence-electron chi connectivity index (χ0n) is 13.4. The van der Waals surface area contributed by atoms with Crippen LogP contribution in [0.1, 0.15) is 44.4 Å². The monoisotopic (exact) mass is 285 g/mol. The van der Waals surface area contributed by atoms with Crippen molar-refractivity contribution in [2.45, 2.75) is 46.5 Å². The van der Waals surface area contributed by atoms with Crippen molar-refractivity contribution in [2.24, 2.45) is 0 Å². The maximum atomic E-state index is 6.02. The van der Waals surface area contributed by atoms with Crippen LogP contribution in [0.3, 0.4) is 0 Å². The lowest BCUT2D eigenvalue weighted by Gasteiger charge is -2.23. The Morgan fingerprint density at radius 2 is 1.90 bits per heavy atom. The molecule has 21 heavy (non-hydrogen) atoms. The molecule has 0 aliphatic heterocycles. The lowest BCUT2D eigenvalue weighted by atomic mass is 9.85. The van der Waals surface area contributed by atoms with Crippen molar-refractivity contribution in [3.8, 4) is 11.6 Å². The van der Waals surface area contributed by atoms with Gasteiger partial charge < -0.3 is 10.5 Å². The fraction of sp³-hybridized carbons (Fsp3) is 0.412. The van der Waals surface area contributed by atoms with E-state index in [1.54, 1.807) is 0 Å². The quantitative estimate of drug-likeness (QED) is 0.925. The van der Waals surface area contributed by atoms with Gasteiger partial charge in [0.1, 0.15) is 17.9 Å². The summed E-state index contributed by atoms with van der Waals surface area (Å²) in [5.74, 6) is 1.78. The minimum atomic E-state index is -0.00695. The summed E-state index contributed by atoms with van der Waals surface area (Å²) < 4.78 is 6.02. The van der Waals surface area contributed by atoms with Gasteiger partial charge in [-0.15, -0.1) is 0 Å². The molecule has 0 amide bonds. The molecular weight excluding hydrogens is 262 g/mol. The zero-order chi connectivity index (χ0) is 15.6. The summed E-state index contributed by atoms with van der Waals surface area (Å²) in [6, 6.07) is 6.30. The molecule has 112 valence electrons. The van der Waals surface area contributed by atoms with E-state index in [0.29, 0.717) is 11.7 Å². The summed E-state index contributed by atoms with van der Waals surface area (Å²) in [6.07, 6.45) is 2.43.